The number of benzene rings is 1. The van der Waals surface area contributed by atoms with Crippen LogP contribution in [-0.4, -0.2) is 49.6 Å². The summed E-state index contributed by atoms with van der Waals surface area (Å²) in [6, 6.07) is 1.47. The van der Waals surface area contributed by atoms with Crippen LogP contribution in [-0.2, 0) is 9.53 Å². The molecule has 2 amide bonds. The molecule has 1 aliphatic heterocycles. The summed E-state index contributed by atoms with van der Waals surface area (Å²) < 4.78 is 44.3. The fraction of sp³-hybridized carbons (Fsp3) is 0.385. The number of morpholine rings is 1. The lowest BCUT2D eigenvalue weighted by Crippen LogP contribution is -2.45. The highest BCUT2D eigenvalue weighted by atomic mass is 19.2. The van der Waals surface area contributed by atoms with Crippen LogP contribution in [0.1, 0.15) is 10.4 Å². The van der Waals surface area contributed by atoms with Gasteiger partial charge in [0.15, 0.2) is 17.5 Å². The van der Waals surface area contributed by atoms with Crippen LogP contribution in [0.3, 0.4) is 0 Å². The van der Waals surface area contributed by atoms with E-state index in [1.54, 1.807) is 0 Å². The van der Waals surface area contributed by atoms with Gasteiger partial charge in [-0.1, -0.05) is 0 Å². The molecule has 0 aromatic heterocycles. The molecule has 1 aromatic rings. The van der Waals surface area contributed by atoms with E-state index < -0.39 is 28.9 Å². The van der Waals surface area contributed by atoms with Gasteiger partial charge in [0.2, 0.25) is 5.91 Å². The Morgan fingerprint density at radius 3 is 2.48 bits per heavy atom. The van der Waals surface area contributed by atoms with Gasteiger partial charge in [-0.3, -0.25) is 9.59 Å². The molecular formula is C13H13F3N2O3. The van der Waals surface area contributed by atoms with Crippen LogP contribution >= 0.6 is 0 Å². The minimum Gasteiger partial charge on any atom is -0.378 e. The molecule has 1 heterocycles. The number of rotatable bonds is 3. The Morgan fingerprint density at radius 1 is 1.14 bits per heavy atom. The molecule has 0 spiro atoms. The van der Waals surface area contributed by atoms with Crippen molar-refractivity contribution in [3.63, 3.8) is 0 Å². The summed E-state index contributed by atoms with van der Waals surface area (Å²) in [7, 11) is 0. The van der Waals surface area contributed by atoms with Crippen molar-refractivity contribution in [2.24, 2.45) is 0 Å². The second-order valence-corrected chi connectivity index (χ2v) is 4.40. The van der Waals surface area contributed by atoms with Crippen LogP contribution < -0.4 is 5.32 Å². The van der Waals surface area contributed by atoms with Gasteiger partial charge in [-0.05, 0) is 12.1 Å². The van der Waals surface area contributed by atoms with E-state index in [0.29, 0.717) is 32.4 Å². The monoisotopic (exact) mass is 302 g/mol. The highest BCUT2D eigenvalue weighted by Crippen LogP contribution is 2.14. The maximum atomic E-state index is 13.4. The zero-order chi connectivity index (χ0) is 15.4. The lowest BCUT2D eigenvalue weighted by Gasteiger charge is -2.26. The topological polar surface area (TPSA) is 58.6 Å². The van der Waals surface area contributed by atoms with E-state index in [0.717, 1.165) is 6.07 Å². The smallest absolute Gasteiger partial charge is 0.254 e. The second-order valence-electron chi connectivity index (χ2n) is 4.40. The molecule has 0 radical (unpaired) electrons. The van der Waals surface area contributed by atoms with E-state index in [9.17, 15) is 22.8 Å². The third-order valence-corrected chi connectivity index (χ3v) is 3.04. The Hall–Kier alpha value is -2.09. The van der Waals surface area contributed by atoms with Crippen LogP contribution in [0.15, 0.2) is 12.1 Å². The lowest BCUT2D eigenvalue weighted by atomic mass is 10.2. The fourth-order valence-electron chi connectivity index (χ4n) is 1.88. The van der Waals surface area contributed by atoms with E-state index in [4.69, 9.17) is 4.74 Å². The molecule has 1 N–H and O–H groups in total. The SMILES string of the molecule is O=C(NCC(=O)N1CCOCC1)c1ccc(F)c(F)c1F. The molecule has 1 aromatic carbocycles. The fourth-order valence-corrected chi connectivity index (χ4v) is 1.88. The number of nitrogens with one attached hydrogen (secondary N) is 1. The molecule has 114 valence electrons. The molecule has 1 saturated heterocycles. The molecular weight excluding hydrogens is 289 g/mol. The van der Waals surface area contributed by atoms with E-state index in [1.165, 1.54) is 4.90 Å². The molecule has 1 fully saturated rings. The molecule has 1 aliphatic rings. The van der Waals surface area contributed by atoms with Gasteiger partial charge < -0.3 is 15.0 Å². The highest BCUT2D eigenvalue weighted by Gasteiger charge is 2.21. The molecule has 8 heteroatoms. The van der Waals surface area contributed by atoms with Gasteiger partial charge >= 0.3 is 0 Å². The van der Waals surface area contributed by atoms with Crippen LogP contribution in [0, 0.1) is 17.5 Å². The van der Waals surface area contributed by atoms with Gasteiger partial charge in [-0.15, -0.1) is 0 Å². The van der Waals surface area contributed by atoms with Gasteiger partial charge in [0.1, 0.15) is 0 Å². The van der Waals surface area contributed by atoms with E-state index in [-0.39, 0.29) is 12.5 Å². The Balaban J connectivity index is 1.95. The van der Waals surface area contributed by atoms with Crippen molar-refractivity contribution in [3.8, 4) is 0 Å². The standard InChI is InChI=1S/C13H13F3N2O3/c14-9-2-1-8(11(15)12(9)16)13(20)17-7-10(19)18-3-5-21-6-4-18/h1-2H,3-7H2,(H,17,20). The molecule has 0 saturated carbocycles. The number of carbonyl (C=O) groups excluding carboxylic acids is 2. The summed E-state index contributed by atoms with van der Waals surface area (Å²) in [5.41, 5.74) is -0.649. The number of hydrogen-bond acceptors (Lipinski definition) is 3. The predicted octanol–water partition coefficient (Wildman–Crippen LogP) is 0.693. The summed E-state index contributed by atoms with van der Waals surface area (Å²) in [4.78, 5) is 24.9. The molecule has 0 bridgehead atoms. The second kappa shape index (κ2) is 6.57. The third kappa shape index (κ3) is 3.52. The number of amides is 2. The van der Waals surface area contributed by atoms with E-state index in [1.807, 2.05) is 0 Å². The van der Waals surface area contributed by atoms with Crippen molar-refractivity contribution in [2.45, 2.75) is 0 Å². The van der Waals surface area contributed by atoms with Crippen molar-refractivity contribution in [2.75, 3.05) is 32.8 Å². The molecule has 0 atom stereocenters. The van der Waals surface area contributed by atoms with Crippen LogP contribution in [0.2, 0.25) is 0 Å². The zero-order valence-corrected chi connectivity index (χ0v) is 11.0. The minimum absolute atomic E-state index is 0.350. The van der Waals surface area contributed by atoms with Gasteiger partial charge in [-0.2, -0.15) is 0 Å². The Kier molecular flexibility index (Phi) is 4.79. The Labute approximate surface area is 118 Å². The Bertz CT molecular complexity index is 560. The van der Waals surface area contributed by atoms with E-state index in [2.05, 4.69) is 5.32 Å². The Morgan fingerprint density at radius 2 is 1.81 bits per heavy atom. The summed E-state index contributed by atoms with van der Waals surface area (Å²) >= 11 is 0. The van der Waals surface area contributed by atoms with Gasteiger partial charge in [0.25, 0.3) is 5.91 Å². The molecule has 0 unspecified atom stereocenters. The summed E-state index contributed by atoms with van der Waals surface area (Å²) in [6.07, 6.45) is 0. The molecule has 21 heavy (non-hydrogen) atoms. The van der Waals surface area contributed by atoms with Gasteiger partial charge in [0, 0.05) is 13.1 Å². The first-order valence-corrected chi connectivity index (χ1v) is 6.28. The van der Waals surface area contributed by atoms with Crippen molar-refractivity contribution in [3.05, 3.63) is 35.1 Å². The zero-order valence-electron chi connectivity index (χ0n) is 11.0. The first-order chi connectivity index (χ1) is 10.0. The summed E-state index contributed by atoms with van der Waals surface area (Å²) in [6.45, 7) is 1.30. The normalized spacial score (nSPS) is 14.9. The summed E-state index contributed by atoms with van der Waals surface area (Å²) in [5, 5.41) is 2.18. The average Bonchev–Trinajstić information content (AvgIpc) is 2.51. The number of nitrogens with zero attached hydrogens (tertiary/aromatic N) is 1. The van der Waals surface area contributed by atoms with Crippen LogP contribution in [0.25, 0.3) is 0 Å². The maximum Gasteiger partial charge on any atom is 0.254 e. The number of carbonyl (C=O) groups is 2. The van der Waals surface area contributed by atoms with Gasteiger partial charge in [0.05, 0.1) is 25.3 Å². The third-order valence-electron chi connectivity index (χ3n) is 3.04. The van der Waals surface area contributed by atoms with Crippen LogP contribution in [0.5, 0.6) is 0 Å². The average molecular weight is 302 g/mol. The minimum atomic E-state index is -1.72. The van der Waals surface area contributed by atoms with Crippen molar-refractivity contribution in [1.82, 2.24) is 10.2 Å². The molecule has 2 rings (SSSR count). The van der Waals surface area contributed by atoms with E-state index >= 15 is 0 Å². The van der Waals surface area contributed by atoms with Gasteiger partial charge in [-0.25, -0.2) is 13.2 Å². The number of halogens is 3. The molecule has 5 nitrogen and oxygen atoms in total. The first-order valence-electron chi connectivity index (χ1n) is 6.28. The number of hydrogen-bond donors (Lipinski definition) is 1. The largest absolute Gasteiger partial charge is 0.378 e. The van der Waals surface area contributed by atoms with Crippen molar-refractivity contribution >= 4 is 11.8 Å². The first kappa shape index (κ1) is 15.3. The lowest BCUT2D eigenvalue weighted by molar-refractivity contribution is -0.134. The molecule has 0 aliphatic carbocycles. The van der Waals surface area contributed by atoms with Crippen molar-refractivity contribution < 1.29 is 27.5 Å². The predicted molar refractivity (Wildman–Crippen MR) is 66.0 cm³/mol. The highest BCUT2D eigenvalue weighted by molar-refractivity contribution is 5.96. The number of ether oxygens (including phenoxy) is 1. The van der Waals surface area contributed by atoms with Crippen molar-refractivity contribution in [1.29, 1.82) is 0 Å². The maximum absolute atomic E-state index is 13.4. The summed E-state index contributed by atoms with van der Waals surface area (Å²) in [5.74, 6) is -6.01. The quantitative estimate of drug-likeness (QED) is 0.836. The van der Waals surface area contributed by atoms with Crippen LogP contribution in [0.4, 0.5) is 13.2 Å².